The van der Waals surface area contributed by atoms with E-state index in [2.05, 4.69) is 0 Å². The molecule has 1 aromatic heterocycles. The van der Waals surface area contributed by atoms with Crippen molar-refractivity contribution < 1.29 is 0 Å². The minimum atomic E-state index is -0.525. The van der Waals surface area contributed by atoms with Crippen LogP contribution >= 0.6 is 11.6 Å². The first-order valence-corrected chi connectivity index (χ1v) is 7.56. The van der Waals surface area contributed by atoms with Crippen LogP contribution in [0.15, 0.2) is 39.9 Å². The van der Waals surface area contributed by atoms with Crippen molar-refractivity contribution >= 4 is 22.5 Å². The van der Waals surface area contributed by atoms with Gasteiger partial charge in [-0.2, -0.15) is 0 Å². The van der Waals surface area contributed by atoms with Crippen LogP contribution in [0, 0.1) is 11.3 Å². The molecule has 1 aromatic carbocycles. The first kappa shape index (κ1) is 17.0. The monoisotopic (exact) mass is 334 g/mol. The highest BCUT2D eigenvalue weighted by Gasteiger charge is 2.19. The molecule has 0 aliphatic rings. The molecule has 0 fully saturated rings. The predicted molar refractivity (Wildman–Crippen MR) is 92.3 cm³/mol. The summed E-state index contributed by atoms with van der Waals surface area (Å²) >= 11 is 5.73. The van der Waals surface area contributed by atoms with Crippen LogP contribution < -0.4 is 17.0 Å². The summed E-state index contributed by atoms with van der Waals surface area (Å²) in [6.07, 6.45) is 0.256. The summed E-state index contributed by atoms with van der Waals surface area (Å²) in [5, 5.41) is 7.48. The van der Waals surface area contributed by atoms with Gasteiger partial charge in [0.1, 0.15) is 10.9 Å². The number of aromatic nitrogens is 2. The zero-order chi connectivity index (χ0) is 17.1. The molecule has 122 valence electrons. The number of rotatable bonds is 5. The Balaban J connectivity index is 2.60. The Bertz CT molecular complexity index is 840. The first-order chi connectivity index (χ1) is 10.8. The largest absolute Gasteiger partial charge is 0.393 e. The topological polar surface area (TPSA) is 93.9 Å². The first-order valence-electron chi connectivity index (χ1n) is 7.19. The van der Waals surface area contributed by atoms with Crippen LogP contribution in [0.1, 0.15) is 18.2 Å². The van der Waals surface area contributed by atoms with Crippen molar-refractivity contribution in [2.75, 3.05) is 5.73 Å². The van der Waals surface area contributed by atoms with E-state index in [1.54, 1.807) is 6.92 Å². The SMILES string of the molecule is C[C@@H](Cc1c(N)c(=O)n(C)c(=O)n1Cc1ccccc1)C(=N)Cl. The third-order valence-corrected chi connectivity index (χ3v) is 4.18. The fraction of sp³-hybridized carbons (Fsp3) is 0.312. The number of hydrogen-bond donors (Lipinski definition) is 2. The standard InChI is InChI=1S/C16H19ClN4O2/c1-10(14(17)19)8-12-13(18)15(22)20(2)16(23)21(12)9-11-6-4-3-5-7-11/h3-7,10,19H,8-9,18H2,1-2H3/t10-/m0/s1. The van der Waals surface area contributed by atoms with E-state index in [4.69, 9.17) is 22.7 Å². The molecule has 0 aliphatic carbocycles. The minimum absolute atomic E-state index is 0.0211. The second-order valence-electron chi connectivity index (χ2n) is 5.53. The molecule has 7 heteroatoms. The van der Waals surface area contributed by atoms with Crippen molar-refractivity contribution in [3.63, 3.8) is 0 Å². The lowest BCUT2D eigenvalue weighted by molar-refractivity contribution is 0.594. The maximum Gasteiger partial charge on any atom is 0.331 e. The summed E-state index contributed by atoms with van der Waals surface area (Å²) in [4.78, 5) is 24.6. The summed E-state index contributed by atoms with van der Waals surface area (Å²) in [6.45, 7) is 2.05. The van der Waals surface area contributed by atoms with Crippen molar-refractivity contribution in [2.45, 2.75) is 19.9 Å². The van der Waals surface area contributed by atoms with Crippen molar-refractivity contribution in [3.8, 4) is 0 Å². The van der Waals surface area contributed by atoms with Gasteiger partial charge in [-0.15, -0.1) is 0 Å². The van der Waals surface area contributed by atoms with Crippen molar-refractivity contribution in [1.29, 1.82) is 5.41 Å². The van der Waals surface area contributed by atoms with Crippen LogP contribution in [0.2, 0.25) is 0 Å². The van der Waals surface area contributed by atoms with Crippen LogP contribution in [-0.4, -0.2) is 14.3 Å². The molecule has 0 amide bonds. The van der Waals surface area contributed by atoms with Gasteiger partial charge in [-0.1, -0.05) is 48.9 Å². The molecule has 6 nitrogen and oxygen atoms in total. The number of halogens is 1. The Labute approximate surface area is 138 Å². The molecule has 23 heavy (non-hydrogen) atoms. The molecule has 0 aliphatic heterocycles. The summed E-state index contributed by atoms with van der Waals surface area (Å²) in [5.41, 5.74) is 6.35. The highest BCUT2D eigenvalue weighted by molar-refractivity contribution is 6.64. The molecule has 0 saturated carbocycles. The molecule has 0 radical (unpaired) electrons. The van der Waals surface area contributed by atoms with Gasteiger partial charge in [0, 0.05) is 13.0 Å². The van der Waals surface area contributed by atoms with Gasteiger partial charge in [0.15, 0.2) is 0 Å². The maximum absolute atomic E-state index is 12.5. The molecule has 0 saturated heterocycles. The summed E-state index contributed by atoms with van der Waals surface area (Å²) < 4.78 is 2.47. The lowest BCUT2D eigenvalue weighted by Gasteiger charge is -2.18. The van der Waals surface area contributed by atoms with Gasteiger partial charge in [0.05, 0.1) is 12.2 Å². The molecule has 1 atom stereocenters. The average Bonchev–Trinajstić information content (AvgIpc) is 2.54. The molecule has 3 N–H and O–H groups in total. The Morgan fingerprint density at radius 1 is 1.30 bits per heavy atom. The summed E-state index contributed by atoms with van der Waals surface area (Å²) in [7, 11) is 1.40. The van der Waals surface area contributed by atoms with Crippen LogP contribution in [0.4, 0.5) is 5.69 Å². The zero-order valence-electron chi connectivity index (χ0n) is 13.0. The van der Waals surface area contributed by atoms with Crippen molar-refractivity contribution in [1.82, 2.24) is 9.13 Å². The van der Waals surface area contributed by atoms with Gasteiger partial charge in [-0.25, -0.2) is 4.79 Å². The fourth-order valence-electron chi connectivity index (χ4n) is 2.36. The minimum Gasteiger partial charge on any atom is -0.393 e. The number of benzene rings is 1. The van der Waals surface area contributed by atoms with Crippen molar-refractivity contribution in [2.24, 2.45) is 13.0 Å². The second-order valence-corrected chi connectivity index (χ2v) is 5.94. The van der Waals surface area contributed by atoms with Gasteiger partial charge >= 0.3 is 5.69 Å². The molecular weight excluding hydrogens is 316 g/mol. The Hall–Kier alpha value is -2.34. The number of hydrogen-bond acceptors (Lipinski definition) is 4. The highest BCUT2D eigenvalue weighted by atomic mass is 35.5. The van der Waals surface area contributed by atoms with Gasteiger partial charge in [-0.3, -0.25) is 19.3 Å². The quantitative estimate of drug-likeness (QED) is 0.813. The molecular formula is C16H19ClN4O2. The molecule has 0 unspecified atom stereocenters. The summed E-state index contributed by atoms with van der Waals surface area (Å²) in [5.74, 6) is -0.326. The number of nitrogens with zero attached hydrogens (tertiary/aromatic N) is 2. The molecule has 0 spiro atoms. The third kappa shape index (κ3) is 3.53. The Morgan fingerprint density at radius 2 is 1.91 bits per heavy atom. The van der Waals surface area contributed by atoms with Crippen molar-refractivity contribution in [3.05, 3.63) is 62.4 Å². The second kappa shape index (κ2) is 6.83. The number of nitrogens with one attached hydrogen (secondary N) is 1. The lowest BCUT2D eigenvalue weighted by Crippen LogP contribution is -2.42. The van der Waals surface area contributed by atoms with Crippen LogP contribution in [0.3, 0.4) is 0 Å². The van der Waals surface area contributed by atoms with Gasteiger partial charge in [-0.05, 0) is 12.0 Å². The van der Waals surface area contributed by atoms with E-state index >= 15 is 0 Å². The van der Waals surface area contributed by atoms with Crippen LogP contribution in [0.25, 0.3) is 0 Å². The lowest BCUT2D eigenvalue weighted by atomic mass is 10.0. The van der Waals surface area contributed by atoms with E-state index in [-0.39, 0.29) is 23.2 Å². The van der Waals surface area contributed by atoms with Gasteiger partial charge in [0.25, 0.3) is 5.56 Å². The smallest absolute Gasteiger partial charge is 0.331 e. The summed E-state index contributed by atoms with van der Waals surface area (Å²) in [6, 6.07) is 9.43. The third-order valence-electron chi connectivity index (χ3n) is 3.81. The molecule has 0 bridgehead atoms. The van der Waals surface area contributed by atoms with Crippen LogP contribution in [-0.2, 0) is 20.0 Å². The number of nitrogen functional groups attached to an aromatic ring is 1. The molecule has 2 aromatic rings. The van der Waals surface area contributed by atoms with E-state index < -0.39 is 11.2 Å². The van der Waals surface area contributed by atoms with Crippen LogP contribution in [0.5, 0.6) is 0 Å². The van der Waals surface area contributed by atoms with Gasteiger partial charge < -0.3 is 5.73 Å². The molecule has 2 rings (SSSR count). The highest BCUT2D eigenvalue weighted by Crippen LogP contribution is 2.15. The van der Waals surface area contributed by atoms with E-state index in [0.29, 0.717) is 12.2 Å². The Morgan fingerprint density at radius 3 is 2.48 bits per heavy atom. The number of anilines is 1. The molecule has 1 heterocycles. The van der Waals surface area contributed by atoms with E-state index in [1.165, 1.54) is 11.6 Å². The predicted octanol–water partition coefficient (Wildman–Crippen LogP) is 1.57. The maximum atomic E-state index is 12.5. The fourth-order valence-corrected chi connectivity index (χ4v) is 2.44. The van der Waals surface area contributed by atoms with Gasteiger partial charge in [0.2, 0.25) is 0 Å². The average molecular weight is 335 g/mol. The zero-order valence-corrected chi connectivity index (χ0v) is 13.8. The van der Waals surface area contributed by atoms with E-state index in [1.807, 2.05) is 30.3 Å². The van der Waals surface area contributed by atoms with E-state index in [9.17, 15) is 9.59 Å². The van der Waals surface area contributed by atoms with E-state index in [0.717, 1.165) is 10.1 Å². The number of nitrogens with two attached hydrogens (primary N) is 1. The Kier molecular flexibility index (Phi) is 5.05. The normalized spacial score (nSPS) is 12.1.